The monoisotopic (exact) mass is 1470 g/mol. The molecule has 5 atom stereocenters. The number of carbonyl (C=O) groups is 4. The molecule has 17 nitrogen and oxygen atoms in total. The Bertz CT molecular complexity index is 2550. The van der Waals surface area contributed by atoms with Crippen molar-refractivity contribution >= 4 is 39.5 Å². The number of aliphatic hydroxyl groups excluding tert-OH is 1. The fourth-order valence-electron chi connectivity index (χ4n) is 9.71. The number of phosphoric ester groups is 2. The van der Waals surface area contributed by atoms with Crippen molar-refractivity contribution in [3.63, 3.8) is 0 Å². The smallest absolute Gasteiger partial charge is 0.462 e. The minimum atomic E-state index is -5.01. The normalized spacial score (nSPS) is 14.8. The van der Waals surface area contributed by atoms with Gasteiger partial charge in [0.1, 0.15) is 19.3 Å². The van der Waals surface area contributed by atoms with Gasteiger partial charge >= 0.3 is 39.5 Å². The molecule has 102 heavy (non-hydrogen) atoms. The van der Waals surface area contributed by atoms with E-state index >= 15 is 0 Å². The van der Waals surface area contributed by atoms with E-state index in [1.807, 2.05) is 12.2 Å². The summed E-state index contributed by atoms with van der Waals surface area (Å²) in [6.45, 7) is 4.39. The average Bonchev–Trinajstić information content (AvgIpc) is 0.921. The zero-order valence-corrected chi connectivity index (χ0v) is 65.0. The molecule has 0 aliphatic carbocycles. The van der Waals surface area contributed by atoms with E-state index in [4.69, 9.17) is 37.0 Å². The Kier molecular flexibility index (Phi) is 70.1. The van der Waals surface area contributed by atoms with Gasteiger partial charge in [-0.15, -0.1) is 0 Å². The Hall–Kier alpha value is -5.32. The lowest BCUT2D eigenvalue weighted by atomic mass is 10.1. The van der Waals surface area contributed by atoms with Gasteiger partial charge in [0.25, 0.3) is 0 Å². The summed E-state index contributed by atoms with van der Waals surface area (Å²) < 4.78 is 68.4. The zero-order valence-electron chi connectivity index (χ0n) is 63.2. The fraction of sp³-hybridized carbons (Fsp3) is 0.639. The predicted molar refractivity (Wildman–Crippen MR) is 417 cm³/mol. The molecule has 0 aliphatic heterocycles. The van der Waals surface area contributed by atoms with Crippen molar-refractivity contribution in [3.8, 4) is 0 Å². The molecule has 0 rings (SSSR count). The second-order valence-corrected chi connectivity index (χ2v) is 28.1. The molecule has 0 radical (unpaired) electrons. The second kappa shape index (κ2) is 74.0. The minimum absolute atomic E-state index is 0.00355. The van der Waals surface area contributed by atoms with Crippen molar-refractivity contribution < 1.29 is 80.2 Å². The number of carbonyl (C=O) groups excluding carboxylic acids is 4. The van der Waals surface area contributed by atoms with Crippen molar-refractivity contribution in [1.29, 1.82) is 0 Å². The summed E-state index contributed by atoms with van der Waals surface area (Å²) in [5, 5.41) is 10.6. The van der Waals surface area contributed by atoms with Crippen LogP contribution in [0.25, 0.3) is 0 Å². The van der Waals surface area contributed by atoms with E-state index in [9.17, 15) is 43.2 Å². The molecule has 0 aliphatic rings. The van der Waals surface area contributed by atoms with E-state index in [0.29, 0.717) is 32.1 Å². The van der Waals surface area contributed by atoms with Crippen LogP contribution in [0.15, 0.2) is 158 Å². The lowest BCUT2D eigenvalue weighted by molar-refractivity contribution is -0.161. The SMILES string of the molecule is CC/C=C\C/C=C\C/C=C\C/C=C\C/C=C\CCCCCC(=O)OCC(COP(=O)(O)OCC(O)COP(=O)(O)OCC(COC(=O)CCCCCCC/C=C\C/C=C\C/C=C\CC)OC(=O)CCCCCCCCCCCCC)OC(=O)CCC/C=C\C/C=C\C/C=C\C/C=C\C/C=C\CC. The molecule has 0 saturated carbocycles. The number of phosphoric acid groups is 2. The maximum Gasteiger partial charge on any atom is 0.472 e. The number of hydrogen-bond acceptors (Lipinski definition) is 15. The lowest BCUT2D eigenvalue weighted by Gasteiger charge is -2.21. The predicted octanol–water partition coefficient (Wildman–Crippen LogP) is 22.4. The average molecular weight is 1470 g/mol. The molecule has 0 aromatic heterocycles. The van der Waals surface area contributed by atoms with Gasteiger partial charge in [0.2, 0.25) is 0 Å². The largest absolute Gasteiger partial charge is 0.472 e. The third-order valence-electron chi connectivity index (χ3n) is 15.5. The Morgan fingerprint density at radius 3 is 0.833 bits per heavy atom. The fourth-order valence-corrected chi connectivity index (χ4v) is 11.3. The number of ether oxygens (including phenoxy) is 4. The number of unbranched alkanes of at least 4 members (excludes halogenated alkanes) is 19. The quantitative estimate of drug-likeness (QED) is 0.0169. The maximum absolute atomic E-state index is 13.1. The number of rotatable bonds is 71. The van der Waals surface area contributed by atoms with Crippen molar-refractivity contribution in [3.05, 3.63) is 158 Å². The lowest BCUT2D eigenvalue weighted by Crippen LogP contribution is -2.30. The van der Waals surface area contributed by atoms with Crippen LogP contribution >= 0.6 is 15.6 Å². The molecule has 5 unspecified atom stereocenters. The van der Waals surface area contributed by atoms with Crippen molar-refractivity contribution in [2.45, 2.75) is 303 Å². The van der Waals surface area contributed by atoms with Crippen LogP contribution in [0.4, 0.5) is 0 Å². The standard InChI is InChI=1S/C83H136O17P2/c1-5-9-13-17-21-25-29-32-35-37-38-40-42-45-49-52-56-60-64-68-81(86)94-74-79(100-83(88)70-66-62-58-54-50-46-43-39-36-33-30-26-22-18-14-10-6-2)76-98-102(91,92)96-72-77(84)71-95-101(89,90)97-75-78(99-82(87)69-65-61-57-53-47-28-24-20-16-12-8-4)73-93-80(85)67-63-59-55-51-48-44-41-34-31-27-23-19-15-11-7-3/h9-11,13-15,21-23,25-27,32-36,38,40-41,43,45-46,49,54,58,77-79,84H,5-8,12,16-20,24,28-31,37,39,42,44,47-48,50-53,55-57,59-76H2,1-4H3,(H,89,90)(H,91,92)/b13-9-,14-10-,15-11-,25-21-,26-22-,27-23-,35-32-,36-33-,40-38-,41-34-,46-43-,49-45-,58-54-. The van der Waals surface area contributed by atoms with Crippen LogP contribution in [-0.4, -0.2) is 96.7 Å². The number of hydrogen-bond donors (Lipinski definition) is 3. The molecule has 0 amide bonds. The third-order valence-corrected chi connectivity index (χ3v) is 17.4. The first-order chi connectivity index (χ1) is 49.7. The van der Waals surface area contributed by atoms with Crippen LogP contribution in [0, 0.1) is 0 Å². The van der Waals surface area contributed by atoms with Crippen LogP contribution < -0.4 is 0 Å². The van der Waals surface area contributed by atoms with E-state index in [0.717, 1.165) is 161 Å². The van der Waals surface area contributed by atoms with Gasteiger partial charge in [0.15, 0.2) is 12.2 Å². The number of aliphatic hydroxyl groups is 1. The highest BCUT2D eigenvalue weighted by atomic mass is 31.2. The Balaban J connectivity index is 5.44. The van der Waals surface area contributed by atoms with Gasteiger partial charge in [0.05, 0.1) is 26.4 Å². The van der Waals surface area contributed by atoms with E-state index in [2.05, 4.69) is 174 Å². The van der Waals surface area contributed by atoms with E-state index in [-0.39, 0.29) is 25.7 Å². The molecule has 0 fully saturated rings. The first kappa shape index (κ1) is 96.7. The van der Waals surface area contributed by atoms with Gasteiger partial charge in [-0.25, -0.2) is 9.13 Å². The summed E-state index contributed by atoms with van der Waals surface area (Å²) in [6.07, 6.45) is 85.3. The molecule has 3 N–H and O–H groups in total. The molecular weight excluding hydrogens is 1330 g/mol. The van der Waals surface area contributed by atoms with Gasteiger partial charge in [-0.1, -0.05) is 276 Å². The van der Waals surface area contributed by atoms with E-state index in [1.165, 1.54) is 38.5 Å². The summed E-state index contributed by atoms with van der Waals surface area (Å²) in [5.74, 6) is -2.31. The van der Waals surface area contributed by atoms with Crippen LogP contribution in [0.3, 0.4) is 0 Å². The molecule has 19 heteroatoms. The molecule has 0 bridgehead atoms. The zero-order chi connectivity index (χ0) is 74.6. The van der Waals surface area contributed by atoms with Crippen molar-refractivity contribution in [2.75, 3.05) is 39.6 Å². The Labute approximate surface area is 617 Å². The minimum Gasteiger partial charge on any atom is -0.462 e. The van der Waals surface area contributed by atoms with Crippen molar-refractivity contribution in [1.82, 2.24) is 0 Å². The summed E-state index contributed by atoms with van der Waals surface area (Å²) in [5.41, 5.74) is 0. The van der Waals surface area contributed by atoms with E-state index in [1.54, 1.807) is 0 Å². The highest BCUT2D eigenvalue weighted by molar-refractivity contribution is 7.47. The van der Waals surface area contributed by atoms with Crippen LogP contribution in [0.5, 0.6) is 0 Å². The molecule has 0 aromatic carbocycles. The summed E-state index contributed by atoms with van der Waals surface area (Å²) in [4.78, 5) is 72.9. The van der Waals surface area contributed by atoms with Gasteiger partial charge in [-0.05, 0) is 141 Å². The first-order valence-corrected chi connectivity index (χ1v) is 41.7. The molecule has 0 heterocycles. The number of esters is 4. The summed E-state index contributed by atoms with van der Waals surface area (Å²) in [6, 6.07) is 0. The summed E-state index contributed by atoms with van der Waals surface area (Å²) >= 11 is 0. The Morgan fingerprint density at radius 2 is 0.520 bits per heavy atom. The van der Waals surface area contributed by atoms with Gasteiger partial charge in [0, 0.05) is 25.7 Å². The van der Waals surface area contributed by atoms with E-state index < -0.39 is 97.5 Å². The second-order valence-electron chi connectivity index (χ2n) is 25.2. The molecule has 0 saturated heterocycles. The van der Waals surface area contributed by atoms with Gasteiger partial charge < -0.3 is 33.8 Å². The highest BCUT2D eigenvalue weighted by Crippen LogP contribution is 2.45. The molecular formula is C83H136O17P2. The molecule has 0 aromatic rings. The molecule has 580 valence electrons. The van der Waals surface area contributed by atoms with Crippen LogP contribution in [-0.2, 0) is 65.4 Å². The Morgan fingerprint density at radius 1 is 0.284 bits per heavy atom. The summed E-state index contributed by atoms with van der Waals surface area (Å²) in [7, 11) is -9.99. The third kappa shape index (κ3) is 73.0. The maximum atomic E-state index is 13.1. The number of allylic oxidation sites excluding steroid dienone is 26. The topological polar surface area (TPSA) is 237 Å². The first-order valence-electron chi connectivity index (χ1n) is 38.7. The van der Waals surface area contributed by atoms with Gasteiger partial charge in [-0.2, -0.15) is 0 Å². The highest BCUT2D eigenvalue weighted by Gasteiger charge is 2.30. The van der Waals surface area contributed by atoms with Crippen LogP contribution in [0.1, 0.15) is 285 Å². The van der Waals surface area contributed by atoms with Gasteiger partial charge in [-0.3, -0.25) is 37.3 Å². The molecule has 0 spiro atoms. The van der Waals surface area contributed by atoms with Crippen molar-refractivity contribution in [2.24, 2.45) is 0 Å². The van der Waals surface area contributed by atoms with Crippen LogP contribution in [0.2, 0.25) is 0 Å².